The summed E-state index contributed by atoms with van der Waals surface area (Å²) in [6, 6.07) is 3.22. The third-order valence-corrected chi connectivity index (χ3v) is 4.39. The molecule has 1 spiro atoms. The van der Waals surface area contributed by atoms with E-state index in [0.717, 1.165) is 25.7 Å². The molecule has 6 nitrogen and oxygen atoms in total. The van der Waals surface area contributed by atoms with Gasteiger partial charge < -0.3 is 19.4 Å². The second kappa shape index (κ2) is 6.22. The zero-order chi connectivity index (χ0) is 15.6. The molecule has 1 aromatic rings. The van der Waals surface area contributed by atoms with E-state index in [-0.39, 0.29) is 23.1 Å². The van der Waals surface area contributed by atoms with Gasteiger partial charge in [0.15, 0.2) is 5.79 Å². The van der Waals surface area contributed by atoms with Gasteiger partial charge in [-0.15, -0.1) is 0 Å². The summed E-state index contributed by atoms with van der Waals surface area (Å²) in [6.45, 7) is 0.853. The quantitative estimate of drug-likeness (QED) is 0.911. The third-order valence-electron chi connectivity index (χ3n) is 4.39. The largest absolute Gasteiger partial charge is 0.349 e. The summed E-state index contributed by atoms with van der Waals surface area (Å²) in [4.78, 5) is 24.0. The first kappa shape index (κ1) is 15.2. The number of nitrogens with zero attached hydrogens (tertiary/aromatic N) is 1. The van der Waals surface area contributed by atoms with Crippen LogP contribution in [0.1, 0.15) is 42.5 Å². The molecule has 1 aliphatic carbocycles. The molecule has 6 heteroatoms. The Morgan fingerprint density at radius 3 is 2.95 bits per heavy atom. The summed E-state index contributed by atoms with van der Waals surface area (Å²) in [5.41, 5.74) is -0.149. The fourth-order valence-corrected chi connectivity index (χ4v) is 3.14. The molecule has 1 aromatic heterocycles. The highest BCUT2D eigenvalue weighted by atomic mass is 16.7. The van der Waals surface area contributed by atoms with Gasteiger partial charge in [0, 0.05) is 32.6 Å². The maximum atomic E-state index is 12.1. The summed E-state index contributed by atoms with van der Waals surface area (Å²) >= 11 is 0. The maximum absolute atomic E-state index is 12.1. The van der Waals surface area contributed by atoms with Gasteiger partial charge >= 0.3 is 0 Å². The van der Waals surface area contributed by atoms with Crippen molar-refractivity contribution in [1.82, 2.24) is 9.88 Å². The van der Waals surface area contributed by atoms with E-state index in [9.17, 15) is 9.59 Å². The van der Waals surface area contributed by atoms with E-state index in [0.29, 0.717) is 13.2 Å². The second-order valence-corrected chi connectivity index (χ2v) is 6.07. The SMILES string of the molecule is Cn1cccc(C(=O)NCC2COC3(CCCCC3)O2)c1=O. The molecule has 1 saturated carbocycles. The molecule has 1 amide bonds. The molecule has 22 heavy (non-hydrogen) atoms. The summed E-state index contributed by atoms with van der Waals surface area (Å²) < 4.78 is 13.2. The number of aryl methyl sites for hydroxylation is 1. The van der Waals surface area contributed by atoms with Crippen molar-refractivity contribution in [2.24, 2.45) is 7.05 Å². The van der Waals surface area contributed by atoms with Crippen molar-refractivity contribution in [3.05, 3.63) is 34.2 Å². The molecule has 1 N–H and O–H groups in total. The molecule has 2 heterocycles. The van der Waals surface area contributed by atoms with Crippen molar-refractivity contribution in [3.63, 3.8) is 0 Å². The summed E-state index contributed by atoms with van der Waals surface area (Å²) in [6.07, 6.45) is 6.81. The van der Waals surface area contributed by atoms with E-state index in [4.69, 9.17) is 9.47 Å². The number of ether oxygens (including phenoxy) is 2. The molecule has 0 bridgehead atoms. The van der Waals surface area contributed by atoms with Gasteiger partial charge in [-0.3, -0.25) is 9.59 Å². The van der Waals surface area contributed by atoms with Crippen LogP contribution in [-0.4, -0.2) is 35.5 Å². The first-order valence-corrected chi connectivity index (χ1v) is 7.85. The number of hydrogen-bond donors (Lipinski definition) is 1. The highest BCUT2D eigenvalue weighted by Gasteiger charge is 2.42. The van der Waals surface area contributed by atoms with Crippen LogP contribution in [0.5, 0.6) is 0 Å². The van der Waals surface area contributed by atoms with Crippen molar-refractivity contribution in [1.29, 1.82) is 0 Å². The molecule has 1 saturated heterocycles. The number of carbonyl (C=O) groups excluding carboxylic acids is 1. The Hall–Kier alpha value is -1.66. The van der Waals surface area contributed by atoms with E-state index in [1.165, 1.54) is 17.1 Å². The number of nitrogens with one attached hydrogen (secondary N) is 1. The van der Waals surface area contributed by atoms with Gasteiger partial charge in [0.2, 0.25) is 0 Å². The normalized spacial score (nSPS) is 23.6. The van der Waals surface area contributed by atoms with Gasteiger partial charge in [-0.25, -0.2) is 0 Å². The Morgan fingerprint density at radius 1 is 1.41 bits per heavy atom. The number of aromatic nitrogens is 1. The van der Waals surface area contributed by atoms with E-state index < -0.39 is 5.79 Å². The number of amides is 1. The van der Waals surface area contributed by atoms with E-state index in [1.54, 1.807) is 19.3 Å². The summed E-state index contributed by atoms with van der Waals surface area (Å²) in [5.74, 6) is -0.800. The van der Waals surface area contributed by atoms with Crippen LogP contribution in [0.25, 0.3) is 0 Å². The average molecular weight is 306 g/mol. The van der Waals surface area contributed by atoms with E-state index >= 15 is 0 Å². The van der Waals surface area contributed by atoms with Gasteiger partial charge in [-0.2, -0.15) is 0 Å². The first-order valence-electron chi connectivity index (χ1n) is 7.85. The highest BCUT2D eigenvalue weighted by Crippen LogP contribution is 2.37. The van der Waals surface area contributed by atoms with E-state index in [1.807, 2.05) is 0 Å². The van der Waals surface area contributed by atoms with Gasteiger partial charge in [0.05, 0.1) is 6.61 Å². The van der Waals surface area contributed by atoms with Crippen LogP contribution in [0, 0.1) is 0 Å². The minimum Gasteiger partial charge on any atom is -0.349 e. The second-order valence-electron chi connectivity index (χ2n) is 6.07. The monoisotopic (exact) mass is 306 g/mol. The molecule has 1 aliphatic heterocycles. The van der Waals surface area contributed by atoms with Crippen molar-refractivity contribution in [2.75, 3.05) is 13.2 Å². The molecule has 2 aliphatic rings. The van der Waals surface area contributed by atoms with Crippen LogP contribution < -0.4 is 10.9 Å². The van der Waals surface area contributed by atoms with E-state index in [2.05, 4.69) is 5.32 Å². The molecular weight excluding hydrogens is 284 g/mol. The number of carbonyl (C=O) groups is 1. The topological polar surface area (TPSA) is 69.6 Å². The Kier molecular flexibility index (Phi) is 4.31. The number of rotatable bonds is 3. The average Bonchev–Trinajstić information content (AvgIpc) is 2.91. The standard InChI is InChI=1S/C16H22N2O4/c1-18-9-5-6-13(15(18)20)14(19)17-10-12-11-21-16(22-12)7-3-2-4-8-16/h5-6,9,12H,2-4,7-8,10-11H2,1H3,(H,17,19). The summed E-state index contributed by atoms with van der Waals surface area (Å²) in [5, 5.41) is 2.77. The van der Waals surface area contributed by atoms with Crippen molar-refractivity contribution >= 4 is 5.91 Å². The zero-order valence-electron chi connectivity index (χ0n) is 12.8. The van der Waals surface area contributed by atoms with Gasteiger partial charge in [0.25, 0.3) is 11.5 Å². The lowest BCUT2D eigenvalue weighted by Gasteiger charge is -2.31. The van der Waals surface area contributed by atoms with Gasteiger partial charge in [-0.1, -0.05) is 6.42 Å². The Balaban J connectivity index is 1.56. The van der Waals surface area contributed by atoms with Crippen LogP contribution in [0.4, 0.5) is 0 Å². The van der Waals surface area contributed by atoms with Gasteiger partial charge in [0.1, 0.15) is 11.7 Å². The van der Waals surface area contributed by atoms with Crippen LogP contribution in [0.2, 0.25) is 0 Å². The van der Waals surface area contributed by atoms with Crippen LogP contribution in [0.15, 0.2) is 23.1 Å². The Labute approximate surface area is 129 Å². The number of pyridine rings is 1. The Bertz CT molecular complexity index is 604. The van der Waals surface area contributed by atoms with Crippen molar-refractivity contribution in [2.45, 2.75) is 44.0 Å². The van der Waals surface area contributed by atoms with Gasteiger partial charge in [-0.05, 0) is 25.0 Å². The van der Waals surface area contributed by atoms with Crippen LogP contribution in [-0.2, 0) is 16.5 Å². The molecule has 1 atom stereocenters. The lowest BCUT2D eigenvalue weighted by molar-refractivity contribution is -0.186. The smallest absolute Gasteiger partial charge is 0.263 e. The number of hydrogen-bond acceptors (Lipinski definition) is 4. The fourth-order valence-electron chi connectivity index (χ4n) is 3.14. The first-order chi connectivity index (χ1) is 10.6. The molecule has 1 unspecified atom stereocenters. The zero-order valence-corrected chi connectivity index (χ0v) is 12.8. The summed E-state index contributed by atoms with van der Waals surface area (Å²) in [7, 11) is 1.62. The predicted molar refractivity (Wildman–Crippen MR) is 80.7 cm³/mol. The lowest BCUT2D eigenvalue weighted by Crippen LogP contribution is -2.39. The third kappa shape index (κ3) is 3.08. The Morgan fingerprint density at radius 2 is 2.18 bits per heavy atom. The highest BCUT2D eigenvalue weighted by molar-refractivity contribution is 5.93. The maximum Gasteiger partial charge on any atom is 0.263 e. The molecule has 3 rings (SSSR count). The molecular formula is C16H22N2O4. The minimum atomic E-state index is -0.434. The lowest BCUT2D eigenvalue weighted by atomic mass is 9.94. The fraction of sp³-hybridized carbons (Fsp3) is 0.625. The van der Waals surface area contributed by atoms with Crippen molar-refractivity contribution in [3.8, 4) is 0 Å². The minimum absolute atomic E-state index is 0.144. The predicted octanol–water partition coefficient (Wildman–Crippen LogP) is 1.19. The molecule has 120 valence electrons. The van der Waals surface area contributed by atoms with Crippen LogP contribution >= 0.6 is 0 Å². The molecule has 0 aromatic carbocycles. The van der Waals surface area contributed by atoms with Crippen LogP contribution in [0.3, 0.4) is 0 Å². The molecule has 2 fully saturated rings. The van der Waals surface area contributed by atoms with Crippen molar-refractivity contribution < 1.29 is 14.3 Å². The molecule has 0 radical (unpaired) electrons.